The lowest BCUT2D eigenvalue weighted by Gasteiger charge is -2.17. The van der Waals surface area contributed by atoms with Gasteiger partial charge in [0.05, 0.1) is 0 Å². The van der Waals surface area contributed by atoms with Crippen molar-refractivity contribution in [3.8, 4) is 0 Å². The van der Waals surface area contributed by atoms with Gasteiger partial charge in [0.2, 0.25) is 6.79 Å². The average Bonchev–Trinajstić information content (AvgIpc) is 2.52. The predicted octanol–water partition coefficient (Wildman–Crippen LogP) is 1.34. The molecule has 0 aliphatic rings. The van der Waals surface area contributed by atoms with Crippen molar-refractivity contribution in [3.05, 3.63) is 35.9 Å². The quantitative estimate of drug-likeness (QED) is 0.234. The number of rotatable bonds is 8. The monoisotopic (exact) mass is 357 g/mol. The van der Waals surface area contributed by atoms with Crippen LogP contribution < -0.4 is 10.8 Å². The molecule has 0 amide bonds. The average molecular weight is 357 g/mol. The van der Waals surface area contributed by atoms with Gasteiger partial charge in [-0.15, -0.1) is 0 Å². The van der Waals surface area contributed by atoms with E-state index >= 15 is 0 Å². The molecule has 9 nitrogen and oxygen atoms in total. The number of nitrogens with zero attached hydrogens (tertiary/aromatic N) is 1. The summed E-state index contributed by atoms with van der Waals surface area (Å²) < 4.78 is 26.4. The van der Waals surface area contributed by atoms with Crippen LogP contribution >= 0.6 is 7.75 Å². The number of guanidine groups is 1. The minimum Gasteiger partial charge on any atom is -0.438 e. The normalized spacial score (nSPS) is 13.7. The molecule has 0 saturated carbocycles. The highest BCUT2D eigenvalue weighted by Crippen LogP contribution is 2.43. The molecule has 1 aromatic carbocycles. The summed E-state index contributed by atoms with van der Waals surface area (Å²) in [6.45, 7) is 0.380. The van der Waals surface area contributed by atoms with E-state index in [2.05, 4.69) is 14.6 Å². The van der Waals surface area contributed by atoms with Gasteiger partial charge in [0.15, 0.2) is 5.96 Å². The minimum atomic E-state index is -4.11. The van der Waals surface area contributed by atoms with E-state index in [1.807, 2.05) is 30.3 Å². The van der Waals surface area contributed by atoms with Crippen molar-refractivity contribution < 1.29 is 27.9 Å². The summed E-state index contributed by atoms with van der Waals surface area (Å²) in [6, 6.07) is 9.38. The van der Waals surface area contributed by atoms with Crippen LogP contribution in [0.4, 0.5) is 0 Å². The second-order valence-corrected chi connectivity index (χ2v) is 6.21. The van der Waals surface area contributed by atoms with Crippen molar-refractivity contribution in [1.82, 2.24) is 5.09 Å². The highest BCUT2D eigenvalue weighted by Gasteiger charge is 2.29. The Kier molecular flexibility index (Phi) is 7.94. The Morgan fingerprint density at radius 3 is 2.54 bits per heavy atom. The smallest absolute Gasteiger partial charge is 0.438 e. The molecular formula is C14H20N3O6P. The van der Waals surface area contributed by atoms with Crippen molar-refractivity contribution in [2.75, 3.05) is 13.8 Å². The third-order valence-electron chi connectivity index (χ3n) is 2.64. The number of hydrogen-bond donors (Lipinski definition) is 2. The first-order valence-corrected chi connectivity index (χ1v) is 8.54. The predicted molar refractivity (Wildman–Crippen MR) is 86.9 cm³/mol. The first kappa shape index (κ1) is 19.7. The van der Waals surface area contributed by atoms with Gasteiger partial charge in [-0.1, -0.05) is 30.3 Å². The molecular weight excluding hydrogens is 337 g/mol. The van der Waals surface area contributed by atoms with Crippen LogP contribution in [0.25, 0.3) is 0 Å². The molecule has 0 aliphatic heterocycles. The Bertz CT molecular complexity index is 635. The van der Waals surface area contributed by atoms with Gasteiger partial charge >= 0.3 is 19.7 Å². The maximum absolute atomic E-state index is 12.2. The summed E-state index contributed by atoms with van der Waals surface area (Å²) in [5, 5.41) is 2.13. The zero-order valence-corrected chi connectivity index (χ0v) is 14.3. The summed E-state index contributed by atoms with van der Waals surface area (Å²) in [6.07, 6.45) is 0.617. The third-order valence-corrected chi connectivity index (χ3v) is 4.09. The van der Waals surface area contributed by atoms with Crippen LogP contribution in [0.1, 0.15) is 18.9 Å². The lowest BCUT2D eigenvalue weighted by atomic mass is 10.1. The SMILES string of the molecule is CN=C(N)NP(=O)(OCOC(=O)CCc1ccccc1)OC(C)=O. The lowest BCUT2D eigenvalue weighted by molar-refractivity contribution is -0.150. The Morgan fingerprint density at radius 1 is 1.29 bits per heavy atom. The molecule has 0 bridgehead atoms. The number of carbonyl (C=O) groups is 2. The van der Waals surface area contributed by atoms with E-state index in [9.17, 15) is 14.2 Å². The molecule has 0 saturated heterocycles. The number of aliphatic imine (C=N–C) groups is 1. The number of nitrogens with one attached hydrogen (secondary N) is 1. The van der Waals surface area contributed by atoms with Crippen molar-refractivity contribution in [2.45, 2.75) is 19.8 Å². The van der Waals surface area contributed by atoms with Crippen molar-refractivity contribution >= 4 is 25.6 Å². The molecule has 0 heterocycles. The fourth-order valence-electron chi connectivity index (χ4n) is 1.57. The summed E-state index contributed by atoms with van der Waals surface area (Å²) >= 11 is 0. The molecule has 132 valence electrons. The van der Waals surface area contributed by atoms with Gasteiger partial charge < -0.3 is 15.0 Å². The second-order valence-electron chi connectivity index (χ2n) is 4.55. The molecule has 1 atom stereocenters. The highest BCUT2D eigenvalue weighted by atomic mass is 31.2. The van der Waals surface area contributed by atoms with Gasteiger partial charge in [-0.3, -0.25) is 19.7 Å². The summed E-state index contributed by atoms with van der Waals surface area (Å²) in [7, 11) is -2.78. The molecule has 0 spiro atoms. The molecule has 24 heavy (non-hydrogen) atoms. The van der Waals surface area contributed by atoms with E-state index in [0.717, 1.165) is 12.5 Å². The molecule has 1 rings (SSSR count). The third kappa shape index (κ3) is 7.75. The van der Waals surface area contributed by atoms with Gasteiger partial charge in [-0.2, -0.15) is 0 Å². The van der Waals surface area contributed by atoms with E-state index in [0.29, 0.717) is 6.42 Å². The Labute approximate surface area is 139 Å². The Balaban J connectivity index is 2.44. The topological polar surface area (TPSA) is 129 Å². The summed E-state index contributed by atoms with van der Waals surface area (Å²) in [4.78, 5) is 26.1. The van der Waals surface area contributed by atoms with Gasteiger partial charge in [0, 0.05) is 20.4 Å². The van der Waals surface area contributed by atoms with Crippen molar-refractivity contribution in [3.63, 3.8) is 0 Å². The largest absolute Gasteiger partial charge is 0.493 e. The van der Waals surface area contributed by atoms with Gasteiger partial charge in [0.25, 0.3) is 0 Å². The van der Waals surface area contributed by atoms with Crippen molar-refractivity contribution in [1.29, 1.82) is 0 Å². The number of esters is 1. The van der Waals surface area contributed by atoms with Gasteiger partial charge in [-0.05, 0) is 12.0 Å². The van der Waals surface area contributed by atoms with E-state index < -0.39 is 26.5 Å². The van der Waals surface area contributed by atoms with Gasteiger partial charge in [0.1, 0.15) is 0 Å². The molecule has 0 fully saturated rings. The van der Waals surface area contributed by atoms with Crippen LogP contribution in [-0.2, 0) is 34.4 Å². The number of hydrogen-bond acceptors (Lipinski definition) is 7. The number of benzene rings is 1. The van der Waals surface area contributed by atoms with Crippen LogP contribution in [0.15, 0.2) is 35.3 Å². The fourth-order valence-corrected chi connectivity index (χ4v) is 2.64. The molecule has 10 heteroatoms. The van der Waals surface area contributed by atoms with E-state index in [1.54, 1.807) is 0 Å². The first-order valence-electron chi connectivity index (χ1n) is 6.99. The van der Waals surface area contributed by atoms with Gasteiger partial charge in [-0.25, -0.2) is 9.09 Å². The van der Waals surface area contributed by atoms with E-state index in [1.165, 1.54) is 7.05 Å². The summed E-state index contributed by atoms with van der Waals surface area (Å²) in [5.41, 5.74) is 6.35. The standard InChI is InChI=1S/C14H20N3O6P/c1-11(18)23-24(20,17-14(15)16-2)22-10-21-13(19)9-8-12-6-4-3-5-7-12/h3-7H,8-10H2,1-2H3,(H3,15,16,17,20). The first-order chi connectivity index (χ1) is 11.3. The highest BCUT2D eigenvalue weighted by molar-refractivity contribution is 7.53. The van der Waals surface area contributed by atoms with Crippen LogP contribution in [-0.4, -0.2) is 31.7 Å². The fraction of sp³-hybridized carbons (Fsp3) is 0.357. The molecule has 0 aliphatic carbocycles. The minimum absolute atomic E-state index is 0.122. The summed E-state index contributed by atoms with van der Waals surface area (Å²) in [5.74, 6) is -1.66. The van der Waals surface area contributed by atoms with E-state index in [4.69, 9.17) is 15.0 Å². The molecule has 0 radical (unpaired) electrons. The van der Waals surface area contributed by atoms with Crippen LogP contribution in [0.3, 0.4) is 0 Å². The Hall–Kier alpha value is -2.38. The zero-order chi connectivity index (χ0) is 18.0. The number of nitrogens with two attached hydrogens (primary N) is 1. The molecule has 0 aromatic heterocycles. The number of ether oxygens (including phenoxy) is 1. The number of aryl methyl sites for hydroxylation is 1. The number of carbonyl (C=O) groups excluding carboxylic acids is 2. The van der Waals surface area contributed by atoms with Crippen LogP contribution in [0.5, 0.6) is 0 Å². The van der Waals surface area contributed by atoms with Crippen LogP contribution in [0, 0.1) is 0 Å². The zero-order valence-electron chi connectivity index (χ0n) is 13.4. The maximum atomic E-state index is 12.2. The maximum Gasteiger partial charge on any atom is 0.493 e. The second kappa shape index (κ2) is 9.69. The van der Waals surface area contributed by atoms with E-state index in [-0.39, 0.29) is 12.4 Å². The Morgan fingerprint density at radius 2 is 1.96 bits per heavy atom. The lowest BCUT2D eigenvalue weighted by Crippen LogP contribution is -2.31. The molecule has 1 unspecified atom stereocenters. The molecule has 1 aromatic rings. The van der Waals surface area contributed by atoms with Crippen LogP contribution in [0.2, 0.25) is 0 Å². The van der Waals surface area contributed by atoms with Crippen molar-refractivity contribution in [2.24, 2.45) is 10.7 Å². The molecule has 3 N–H and O–H groups in total.